The van der Waals surface area contributed by atoms with E-state index >= 15 is 0 Å². The lowest BCUT2D eigenvalue weighted by atomic mass is 10.3. The Kier molecular flexibility index (Phi) is 3.91. The smallest absolute Gasteiger partial charge is 0.319 e. The highest BCUT2D eigenvalue weighted by molar-refractivity contribution is 6.32. The number of carbonyl (C=O) groups is 1. The molecule has 0 N–H and O–H groups in total. The van der Waals surface area contributed by atoms with Gasteiger partial charge in [-0.3, -0.25) is 0 Å². The molecule has 1 aromatic heterocycles. The molecular formula is C12H17ClN4O. The summed E-state index contributed by atoms with van der Waals surface area (Å²) in [7, 11) is 3.54. The monoisotopic (exact) mass is 268 g/mol. The molecule has 0 radical (unpaired) electrons. The maximum Gasteiger partial charge on any atom is 0.319 e. The molecule has 98 valence electrons. The van der Waals surface area contributed by atoms with Gasteiger partial charge in [-0.05, 0) is 12.1 Å². The zero-order chi connectivity index (χ0) is 13.1. The number of amides is 2. The molecule has 0 aliphatic carbocycles. The summed E-state index contributed by atoms with van der Waals surface area (Å²) >= 11 is 6.11. The third kappa shape index (κ3) is 2.67. The fourth-order valence-corrected chi connectivity index (χ4v) is 2.24. The molecule has 2 heterocycles. The SMILES string of the molecule is CN(C)C(=O)N1CCN(c2ncccc2Cl)CC1. The van der Waals surface area contributed by atoms with Gasteiger partial charge in [0.1, 0.15) is 5.82 Å². The third-order valence-electron chi connectivity index (χ3n) is 2.97. The summed E-state index contributed by atoms with van der Waals surface area (Å²) in [5, 5.41) is 0.657. The van der Waals surface area contributed by atoms with Crippen LogP contribution in [0.4, 0.5) is 10.6 Å². The van der Waals surface area contributed by atoms with Gasteiger partial charge in [0.2, 0.25) is 0 Å². The first-order valence-electron chi connectivity index (χ1n) is 5.91. The Labute approximate surface area is 112 Å². The quantitative estimate of drug-likeness (QED) is 0.776. The predicted octanol–water partition coefficient (Wildman–Crippen LogP) is 1.54. The first kappa shape index (κ1) is 13.0. The van der Waals surface area contributed by atoms with Crippen LogP contribution in [-0.4, -0.2) is 61.1 Å². The van der Waals surface area contributed by atoms with Crippen LogP contribution in [0.1, 0.15) is 0 Å². The Morgan fingerprint density at radius 3 is 2.56 bits per heavy atom. The van der Waals surface area contributed by atoms with Crippen molar-refractivity contribution in [1.82, 2.24) is 14.8 Å². The second kappa shape index (κ2) is 5.44. The summed E-state index contributed by atoms with van der Waals surface area (Å²) in [6.07, 6.45) is 1.73. The van der Waals surface area contributed by atoms with Crippen molar-refractivity contribution in [2.75, 3.05) is 45.2 Å². The average molecular weight is 269 g/mol. The minimum absolute atomic E-state index is 0.0572. The standard InChI is InChI=1S/C12H17ClN4O/c1-15(2)12(18)17-8-6-16(7-9-17)11-10(13)4-3-5-14-11/h3-5H,6-9H2,1-2H3. The van der Waals surface area contributed by atoms with E-state index in [-0.39, 0.29) is 6.03 Å². The zero-order valence-electron chi connectivity index (χ0n) is 10.6. The van der Waals surface area contributed by atoms with Gasteiger partial charge in [-0.2, -0.15) is 0 Å². The van der Waals surface area contributed by atoms with Crippen LogP contribution in [0, 0.1) is 0 Å². The van der Waals surface area contributed by atoms with Gasteiger partial charge in [0.25, 0.3) is 0 Å². The first-order chi connectivity index (χ1) is 8.59. The molecule has 2 rings (SSSR count). The van der Waals surface area contributed by atoms with E-state index < -0.39 is 0 Å². The van der Waals surface area contributed by atoms with Crippen molar-refractivity contribution in [3.63, 3.8) is 0 Å². The number of hydrogen-bond acceptors (Lipinski definition) is 3. The van der Waals surface area contributed by atoms with Crippen molar-refractivity contribution in [2.24, 2.45) is 0 Å². The van der Waals surface area contributed by atoms with Gasteiger partial charge in [0.15, 0.2) is 0 Å². The van der Waals surface area contributed by atoms with Crippen LogP contribution < -0.4 is 4.90 Å². The number of anilines is 1. The van der Waals surface area contributed by atoms with Crippen LogP contribution in [-0.2, 0) is 0 Å². The fraction of sp³-hybridized carbons (Fsp3) is 0.500. The topological polar surface area (TPSA) is 39.7 Å². The van der Waals surface area contributed by atoms with Crippen molar-refractivity contribution in [1.29, 1.82) is 0 Å². The molecule has 0 aromatic carbocycles. The number of piperazine rings is 1. The Morgan fingerprint density at radius 1 is 1.33 bits per heavy atom. The number of nitrogens with zero attached hydrogens (tertiary/aromatic N) is 4. The Balaban J connectivity index is 1.99. The number of carbonyl (C=O) groups excluding carboxylic acids is 1. The minimum atomic E-state index is 0.0572. The van der Waals surface area contributed by atoms with Crippen molar-refractivity contribution in [3.8, 4) is 0 Å². The molecule has 1 aliphatic heterocycles. The summed E-state index contributed by atoms with van der Waals surface area (Å²) in [5.41, 5.74) is 0. The van der Waals surface area contributed by atoms with Crippen molar-refractivity contribution in [2.45, 2.75) is 0 Å². The van der Waals surface area contributed by atoms with Gasteiger partial charge in [0.05, 0.1) is 5.02 Å². The summed E-state index contributed by atoms with van der Waals surface area (Å²) in [6, 6.07) is 3.71. The average Bonchev–Trinajstić information content (AvgIpc) is 2.38. The van der Waals surface area contributed by atoms with Gasteiger partial charge in [-0.1, -0.05) is 11.6 Å². The number of urea groups is 1. The van der Waals surface area contributed by atoms with E-state index in [1.807, 2.05) is 17.0 Å². The lowest BCUT2D eigenvalue weighted by Gasteiger charge is -2.36. The van der Waals surface area contributed by atoms with Crippen LogP contribution in [0.3, 0.4) is 0 Å². The molecule has 2 amide bonds. The summed E-state index contributed by atoms with van der Waals surface area (Å²) in [4.78, 5) is 21.6. The number of rotatable bonds is 1. The highest BCUT2D eigenvalue weighted by Crippen LogP contribution is 2.23. The number of pyridine rings is 1. The maximum absolute atomic E-state index is 11.8. The second-order valence-corrected chi connectivity index (χ2v) is 4.87. The zero-order valence-corrected chi connectivity index (χ0v) is 11.4. The van der Waals surface area contributed by atoms with Gasteiger partial charge in [-0.15, -0.1) is 0 Å². The highest BCUT2D eigenvalue weighted by Gasteiger charge is 2.23. The molecule has 1 aromatic rings. The molecule has 18 heavy (non-hydrogen) atoms. The van der Waals surface area contributed by atoms with Crippen LogP contribution in [0.5, 0.6) is 0 Å². The number of hydrogen-bond donors (Lipinski definition) is 0. The summed E-state index contributed by atoms with van der Waals surface area (Å²) in [6.45, 7) is 2.92. The molecule has 1 saturated heterocycles. The Bertz CT molecular complexity index is 430. The van der Waals surface area contributed by atoms with Crippen LogP contribution in [0.2, 0.25) is 5.02 Å². The van der Waals surface area contributed by atoms with E-state index in [4.69, 9.17) is 11.6 Å². The van der Waals surface area contributed by atoms with Gasteiger partial charge in [0, 0.05) is 46.5 Å². The van der Waals surface area contributed by atoms with E-state index in [1.54, 1.807) is 25.2 Å². The second-order valence-electron chi connectivity index (χ2n) is 4.46. The predicted molar refractivity (Wildman–Crippen MR) is 72.1 cm³/mol. The summed E-state index contributed by atoms with van der Waals surface area (Å²) < 4.78 is 0. The first-order valence-corrected chi connectivity index (χ1v) is 6.29. The number of aromatic nitrogens is 1. The molecule has 0 saturated carbocycles. The Morgan fingerprint density at radius 2 is 2.00 bits per heavy atom. The normalized spacial score (nSPS) is 15.7. The van der Waals surface area contributed by atoms with Crippen LogP contribution >= 0.6 is 11.6 Å². The van der Waals surface area contributed by atoms with Gasteiger partial charge < -0.3 is 14.7 Å². The van der Waals surface area contributed by atoms with Crippen molar-refractivity contribution >= 4 is 23.4 Å². The highest BCUT2D eigenvalue weighted by atomic mass is 35.5. The molecule has 0 spiro atoms. The largest absolute Gasteiger partial charge is 0.352 e. The minimum Gasteiger partial charge on any atom is -0.352 e. The van der Waals surface area contributed by atoms with Crippen molar-refractivity contribution in [3.05, 3.63) is 23.4 Å². The van der Waals surface area contributed by atoms with Crippen LogP contribution in [0.15, 0.2) is 18.3 Å². The van der Waals surface area contributed by atoms with E-state index in [9.17, 15) is 4.79 Å². The molecule has 0 bridgehead atoms. The fourth-order valence-electron chi connectivity index (χ4n) is 2.00. The van der Waals surface area contributed by atoms with E-state index in [0.717, 1.165) is 18.9 Å². The molecular weight excluding hydrogens is 252 g/mol. The molecule has 1 fully saturated rings. The lowest BCUT2D eigenvalue weighted by Crippen LogP contribution is -2.51. The Hall–Kier alpha value is -1.49. The third-order valence-corrected chi connectivity index (χ3v) is 3.27. The molecule has 0 atom stereocenters. The molecule has 0 unspecified atom stereocenters. The van der Waals surface area contributed by atoms with Gasteiger partial charge in [-0.25, -0.2) is 9.78 Å². The lowest BCUT2D eigenvalue weighted by molar-refractivity contribution is 0.168. The molecule has 1 aliphatic rings. The van der Waals surface area contributed by atoms with Crippen molar-refractivity contribution < 1.29 is 4.79 Å². The van der Waals surface area contributed by atoms with E-state index in [0.29, 0.717) is 18.1 Å². The molecule has 5 nitrogen and oxygen atoms in total. The summed E-state index contributed by atoms with van der Waals surface area (Å²) in [5.74, 6) is 0.802. The maximum atomic E-state index is 11.8. The van der Waals surface area contributed by atoms with E-state index in [2.05, 4.69) is 9.88 Å². The van der Waals surface area contributed by atoms with Crippen LogP contribution in [0.25, 0.3) is 0 Å². The number of halogens is 1. The molecule has 6 heteroatoms. The van der Waals surface area contributed by atoms with E-state index in [1.165, 1.54) is 0 Å². The van der Waals surface area contributed by atoms with Gasteiger partial charge >= 0.3 is 6.03 Å².